The second-order valence-corrected chi connectivity index (χ2v) is 8.59. The maximum absolute atomic E-state index is 12.5. The highest BCUT2D eigenvalue weighted by atomic mass is 35.5. The number of benzene rings is 2. The third-order valence-corrected chi connectivity index (χ3v) is 5.41. The van der Waals surface area contributed by atoms with Gasteiger partial charge in [-0.25, -0.2) is 8.42 Å². The largest absolute Gasteiger partial charge is 0.490 e. The number of likely N-dealkylation sites (N-methyl/N-ethyl adjacent to an activating group) is 1. The first-order valence-corrected chi connectivity index (χ1v) is 10.6. The average Bonchev–Trinajstić information content (AvgIpc) is 2.60. The molecule has 0 radical (unpaired) electrons. The number of halogens is 2. The molecule has 146 valence electrons. The number of anilines is 1. The molecule has 0 atom stereocenters. The summed E-state index contributed by atoms with van der Waals surface area (Å²) in [5.74, 6) is 0.153. The van der Waals surface area contributed by atoms with Crippen molar-refractivity contribution < 1.29 is 17.9 Å². The van der Waals surface area contributed by atoms with E-state index in [1.54, 1.807) is 49.5 Å². The summed E-state index contributed by atoms with van der Waals surface area (Å²) >= 11 is 11.9. The second-order valence-electron chi connectivity index (χ2n) is 5.84. The van der Waals surface area contributed by atoms with E-state index in [1.807, 2.05) is 0 Å². The zero-order valence-electron chi connectivity index (χ0n) is 14.9. The second kappa shape index (κ2) is 9.30. The molecule has 0 aromatic heterocycles. The molecule has 2 rings (SSSR count). The Morgan fingerprint density at radius 1 is 1.11 bits per heavy atom. The summed E-state index contributed by atoms with van der Waals surface area (Å²) in [5.41, 5.74) is 0.332. The van der Waals surface area contributed by atoms with Crippen LogP contribution in [0.1, 0.15) is 0 Å². The molecule has 0 saturated carbocycles. The van der Waals surface area contributed by atoms with Crippen LogP contribution in [0.5, 0.6) is 5.75 Å². The fourth-order valence-corrected chi connectivity index (χ4v) is 3.47. The Morgan fingerprint density at radius 2 is 1.81 bits per heavy atom. The Balaban J connectivity index is 1.99. The van der Waals surface area contributed by atoms with Gasteiger partial charge >= 0.3 is 0 Å². The Kier molecular flexibility index (Phi) is 7.35. The fraction of sp³-hybridized carbons (Fsp3) is 0.278. The van der Waals surface area contributed by atoms with Gasteiger partial charge in [0.15, 0.2) is 0 Å². The van der Waals surface area contributed by atoms with Crippen molar-refractivity contribution in [2.24, 2.45) is 0 Å². The Bertz CT molecular complexity index is 906. The maximum Gasteiger partial charge on any atom is 0.243 e. The van der Waals surface area contributed by atoms with Crippen molar-refractivity contribution in [1.82, 2.24) is 4.90 Å². The monoisotopic (exact) mass is 430 g/mol. The fourth-order valence-electron chi connectivity index (χ4n) is 2.25. The van der Waals surface area contributed by atoms with Crippen LogP contribution in [0.25, 0.3) is 0 Å². The average molecular weight is 431 g/mol. The molecule has 0 heterocycles. The number of sulfonamides is 1. The molecule has 6 nitrogen and oxygen atoms in total. The van der Waals surface area contributed by atoms with Gasteiger partial charge in [0.2, 0.25) is 15.9 Å². The summed E-state index contributed by atoms with van der Waals surface area (Å²) < 4.78 is 30.8. The lowest BCUT2D eigenvalue weighted by atomic mass is 10.3. The van der Waals surface area contributed by atoms with Crippen LogP contribution in [-0.4, -0.2) is 52.2 Å². The number of rotatable bonds is 8. The van der Waals surface area contributed by atoms with Gasteiger partial charge in [0, 0.05) is 12.1 Å². The molecular weight excluding hydrogens is 411 g/mol. The number of hydrogen-bond acceptors (Lipinski definition) is 4. The number of nitrogens with zero attached hydrogens (tertiary/aromatic N) is 2. The lowest BCUT2D eigenvalue weighted by molar-refractivity contribution is -0.128. The lowest BCUT2D eigenvalue weighted by Gasteiger charge is -2.25. The van der Waals surface area contributed by atoms with Crippen molar-refractivity contribution in [2.45, 2.75) is 0 Å². The first kappa shape index (κ1) is 21.3. The summed E-state index contributed by atoms with van der Waals surface area (Å²) in [7, 11) is -2.07. The maximum atomic E-state index is 12.5. The summed E-state index contributed by atoms with van der Waals surface area (Å²) in [6.07, 6.45) is 1.04. The molecule has 0 spiro atoms. The molecule has 0 saturated heterocycles. The zero-order chi connectivity index (χ0) is 20.0. The highest BCUT2D eigenvalue weighted by Crippen LogP contribution is 2.23. The van der Waals surface area contributed by atoms with Crippen molar-refractivity contribution in [3.8, 4) is 5.75 Å². The first-order valence-electron chi connectivity index (χ1n) is 8.03. The van der Waals surface area contributed by atoms with Gasteiger partial charge in [0.1, 0.15) is 18.9 Å². The van der Waals surface area contributed by atoms with Gasteiger partial charge in [-0.2, -0.15) is 0 Å². The van der Waals surface area contributed by atoms with Gasteiger partial charge in [0.05, 0.1) is 23.5 Å². The molecule has 0 unspecified atom stereocenters. The van der Waals surface area contributed by atoms with E-state index >= 15 is 0 Å². The number of hydrogen-bond donors (Lipinski definition) is 0. The van der Waals surface area contributed by atoms with Crippen LogP contribution in [0.4, 0.5) is 5.69 Å². The van der Waals surface area contributed by atoms with E-state index in [2.05, 4.69) is 0 Å². The molecule has 2 aromatic rings. The Hall–Kier alpha value is -1.96. The number of carbonyl (C=O) groups excluding carboxylic acids is 1. The lowest BCUT2D eigenvalue weighted by Crippen LogP contribution is -2.42. The minimum atomic E-state index is -3.65. The molecule has 2 aromatic carbocycles. The standard InChI is InChI=1S/C18H20Cl2N2O4S/c1-21(10-11-26-17-9-4-3-8-16(17)20)18(23)13-22(27(2,24)25)15-7-5-6-14(19)12-15/h3-9,12H,10-11,13H2,1-2H3. The van der Waals surface area contributed by atoms with Crippen molar-refractivity contribution >= 4 is 44.8 Å². The highest BCUT2D eigenvalue weighted by Gasteiger charge is 2.23. The SMILES string of the molecule is CN(CCOc1ccccc1Cl)C(=O)CN(c1cccc(Cl)c1)S(C)(=O)=O. The van der Waals surface area contributed by atoms with Crippen LogP contribution >= 0.6 is 23.2 Å². The quantitative estimate of drug-likeness (QED) is 0.644. The van der Waals surface area contributed by atoms with Gasteiger partial charge in [-0.3, -0.25) is 9.10 Å². The number of amides is 1. The number of para-hydroxylation sites is 1. The van der Waals surface area contributed by atoms with E-state index in [0.717, 1.165) is 10.6 Å². The van der Waals surface area contributed by atoms with Crippen molar-refractivity contribution in [3.63, 3.8) is 0 Å². The van der Waals surface area contributed by atoms with Crippen molar-refractivity contribution in [2.75, 3.05) is 37.3 Å². The highest BCUT2D eigenvalue weighted by molar-refractivity contribution is 7.92. The molecule has 1 amide bonds. The van der Waals surface area contributed by atoms with E-state index < -0.39 is 10.0 Å². The summed E-state index contributed by atoms with van der Waals surface area (Å²) in [5, 5.41) is 0.866. The minimum absolute atomic E-state index is 0.224. The molecule has 0 aliphatic carbocycles. The Labute approximate surface area is 169 Å². The van der Waals surface area contributed by atoms with Crippen LogP contribution in [0, 0.1) is 0 Å². The van der Waals surface area contributed by atoms with Crippen LogP contribution in [0.3, 0.4) is 0 Å². The van der Waals surface area contributed by atoms with Crippen molar-refractivity contribution in [1.29, 1.82) is 0 Å². The Morgan fingerprint density at radius 3 is 2.44 bits per heavy atom. The minimum Gasteiger partial charge on any atom is -0.490 e. The van der Waals surface area contributed by atoms with E-state index in [1.165, 1.54) is 11.0 Å². The summed E-state index contributed by atoms with van der Waals surface area (Å²) in [4.78, 5) is 13.9. The molecule has 0 bridgehead atoms. The molecule has 27 heavy (non-hydrogen) atoms. The van der Waals surface area contributed by atoms with Crippen LogP contribution < -0.4 is 9.04 Å². The normalized spacial score (nSPS) is 11.1. The van der Waals surface area contributed by atoms with Gasteiger partial charge in [-0.05, 0) is 30.3 Å². The summed E-state index contributed by atoms with van der Waals surface area (Å²) in [6.45, 7) is 0.168. The first-order chi connectivity index (χ1) is 12.7. The molecule has 0 N–H and O–H groups in total. The van der Waals surface area contributed by atoms with Gasteiger partial charge in [0.25, 0.3) is 0 Å². The van der Waals surface area contributed by atoms with Crippen LogP contribution in [-0.2, 0) is 14.8 Å². The van der Waals surface area contributed by atoms with Gasteiger partial charge in [-0.1, -0.05) is 41.4 Å². The zero-order valence-corrected chi connectivity index (χ0v) is 17.3. The third kappa shape index (κ3) is 6.30. The number of carbonyl (C=O) groups is 1. The molecule has 0 aliphatic rings. The predicted octanol–water partition coefficient (Wildman–Crippen LogP) is 3.30. The molecule has 9 heteroatoms. The topological polar surface area (TPSA) is 66.9 Å². The predicted molar refractivity (Wildman–Crippen MR) is 108 cm³/mol. The molecule has 0 fully saturated rings. The van der Waals surface area contributed by atoms with E-state index in [-0.39, 0.29) is 25.6 Å². The smallest absolute Gasteiger partial charge is 0.243 e. The molecule has 0 aliphatic heterocycles. The van der Waals surface area contributed by atoms with Gasteiger partial charge in [-0.15, -0.1) is 0 Å². The van der Waals surface area contributed by atoms with E-state index in [0.29, 0.717) is 21.5 Å². The number of ether oxygens (including phenoxy) is 1. The van der Waals surface area contributed by atoms with E-state index in [9.17, 15) is 13.2 Å². The van der Waals surface area contributed by atoms with Gasteiger partial charge < -0.3 is 9.64 Å². The van der Waals surface area contributed by atoms with Crippen LogP contribution in [0.2, 0.25) is 10.0 Å². The van der Waals surface area contributed by atoms with Crippen LogP contribution in [0.15, 0.2) is 48.5 Å². The van der Waals surface area contributed by atoms with E-state index in [4.69, 9.17) is 27.9 Å². The molecular formula is C18H20Cl2N2O4S. The summed E-state index contributed by atoms with van der Waals surface area (Å²) in [6, 6.07) is 13.4. The van der Waals surface area contributed by atoms with Crippen molar-refractivity contribution in [3.05, 3.63) is 58.6 Å². The third-order valence-electron chi connectivity index (χ3n) is 3.72.